The zero-order valence-corrected chi connectivity index (χ0v) is 14.9. The number of benzene rings is 1. The van der Waals surface area contributed by atoms with E-state index >= 15 is 0 Å². The molecule has 1 amide bonds. The van der Waals surface area contributed by atoms with E-state index in [9.17, 15) is 4.79 Å². The lowest BCUT2D eigenvalue weighted by molar-refractivity contribution is -0.115. The molecule has 21 heavy (non-hydrogen) atoms. The number of carbonyl (C=O) groups excluding carboxylic acids is 1. The maximum Gasteiger partial charge on any atom is 0.275 e. The van der Waals surface area contributed by atoms with Crippen molar-refractivity contribution in [1.82, 2.24) is 5.32 Å². The molecule has 0 fully saturated rings. The molecule has 1 aromatic carbocycles. The predicted octanol–water partition coefficient (Wildman–Crippen LogP) is 4.22. The van der Waals surface area contributed by atoms with E-state index in [1.807, 2.05) is 12.1 Å². The van der Waals surface area contributed by atoms with Gasteiger partial charge in [0.2, 0.25) is 0 Å². The summed E-state index contributed by atoms with van der Waals surface area (Å²) in [5.41, 5.74) is 0.975. The van der Waals surface area contributed by atoms with Crippen molar-refractivity contribution in [1.29, 1.82) is 0 Å². The number of nitrogens with zero attached hydrogens (tertiary/aromatic N) is 1. The van der Waals surface area contributed by atoms with Gasteiger partial charge in [-0.15, -0.1) is 0 Å². The summed E-state index contributed by atoms with van der Waals surface area (Å²) in [6.45, 7) is 0. The number of amides is 1. The Balaban J connectivity index is 1.99. The third-order valence-corrected chi connectivity index (χ3v) is 4.18. The summed E-state index contributed by atoms with van der Waals surface area (Å²) < 4.78 is 6.95. The van der Waals surface area contributed by atoms with Crippen LogP contribution >= 0.6 is 50.1 Å². The molecule has 0 atom stereocenters. The van der Waals surface area contributed by atoms with E-state index in [1.54, 1.807) is 24.3 Å². The van der Waals surface area contributed by atoms with Gasteiger partial charge in [-0.25, -0.2) is 4.99 Å². The van der Waals surface area contributed by atoms with Crippen LogP contribution in [0.2, 0.25) is 5.02 Å². The van der Waals surface area contributed by atoms with E-state index in [2.05, 4.69) is 48.8 Å². The van der Waals surface area contributed by atoms with Crippen LogP contribution in [0.15, 0.2) is 50.1 Å². The first-order valence-corrected chi connectivity index (χ1v) is 8.10. The van der Waals surface area contributed by atoms with Crippen LogP contribution in [0.25, 0.3) is 6.08 Å². The van der Waals surface area contributed by atoms with E-state index < -0.39 is 0 Å². The van der Waals surface area contributed by atoms with E-state index in [0.717, 1.165) is 3.57 Å². The lowest BCUT2D eigenvalue weighted by Gasteiger charge is -2.03. The third kappa shape index (κ3) is 3.22. The Kier molecular flexibility index (Phi) is 4.19. The molecule has 106 valence electrons. The lowest BCUT2D eigenvalue weighted by Crippen LogP contribution is -2.25. The van der Waals surface area contributed by atoms with E-state index in [-0.39, 0.29) is 11.6 Å². The minimum absolute atomic E-state index is 0.279. The molecular formula is C14H7BrClIN2O2. The van der Waals surface area contributed by atoms with Crippen LogP contribution in [0.5, 0.6) is 0 Å². The van der Waals surface area contributed by atoms with Crippen LogP contribution in [0.1, 0.15) is 11.3 Å². The van der Waals surface area contributed by atoms with Crippen LogP contribution in [0, 0.1) is 3.57 Å². The average molecular weight is 477 g/mol. The smallest absolute Gasteiger partial charge is 0.275 e. The summed E-state index contributed by atoms with van der Waals surface area (Å²) in [6.07, 6.45) is 1.58. The van der Waals surface area contributed by atoms with Crippen molar-refractivity contribution < 1.29 is 9.21 Å². The predicted molar refractivity (Wildman–Crippen MR) is 93.2 cm³/mol. The molecule has 0 saturated carbocycles. The minimum Gasteiger partial charge on any atom is -0.450 e. The standard InChI is InChI=1S/C14H7BrClIN2O2/c15-12-4-2-8(21-12)6-11-14(20)19-13(18-11)9-5-7(17)1-3-10(9)16/h1-6H,(H,18,19,20)/b11-6+. The summed E-state index contributed by atoms with van der Waals surface area (Å²) >= 11 is 11.5. The van der Waals surface area contributed by atoms with Gasteiger partial charge in [0.15, 0.2) is 4.67 Å². The summed E-state index contributed by atoms with van der Waals surface area (Å²) in [5, 5.41) is 3.26. The first-order chi connectivity index (χ1) is 10.0. The van der Waals surface area contributed by atoms with E-state index in [0.29, 0.717) is 26.9 Å². The normalized spacial score (nSPS) is 16.2. The van der Waals surface area contributed by atoms with Gasteiger partial charge in [-0.2, -0.15) is 0 Å². The number of amidine groups is 1. The number of nitrogens with one attached hydrogen (secondary N) is 1. The largest absolute Gasteiger partial charge is 0.450 e. The molecule has 0 bridgehead atoms. The van der Waals surface area contributed by atoms with Crippen LogP contribution in [0.4, 0.5) is 0 Å². The summed E-state index contributed by atoms with van der Waals surface area (Å²) in [7, 11) is 0. The summed E-state index contributed by atoms with van der Waals surface area (Å²) in [6, 6.07) is 9.03. The van der Waals surface area contributed by atoms with Crippen molar-refractivity contribution in [3.63, 3.8) is 0 Å². The number of carbonyl (C=O) groups is 1. The molecule has 3 rings (SSSR count). The Bertz CT molecular complexity index is 798. The molecular weight excluding hydrogens is 470 g/mol. The van der Waals surface area contributed by atoms with Crippen molar-refractivity contribution in [2.45, 2.75) is 0 Å². The van der Waals surface area contributed by atoms with Gasteiger partial charge >= 0.3 is 0 Å². The van der Waals surface area contributed by atoms with Gasteiger partial charge < -0.3 is 9.73 Å². The molecule has 0 unspecified atom stereocenters. The number of halogens is 3. The molecule has 0 aliphatic carbocycles. The summed E-state index contributed by atoms with van der Waals surface area (Å²) in [4.78, 5) is 16.3. The first-order valence-electron chi connectivity index (χ1n) is 5.85. The highest BCUT2D eigenvalue weighted by atomic mass is 127. The second-order valence-corrected chi connectivity index (χ2v) is 6.64. The maximum atomic E-state index is 12.0. The molecule has 1 aliphatic rings. The Hall–Kier alpha value is -1.12. The summed E-state index contributed by atoms with van der Waals surface area (Å²) in [5.74, 6) is 0.707. The van der Waals surface area contributed by atoms with Gasteiger partial charge in [0.05, 0.1) is 5.02 Å². The fourth-order valence-corrected chi connectivity index (χ4v) is 2.83. The molecule has 0 saturated heterocycles. The van der Waals surface area contributed by atoms with Crippen LogP contribution in [-0.4, -0.2) is 11.7 Å². The Labute approximate surface area is 147 Å². The molecule has 2 heterocycles. The van der Waals surface area contributed by atoms with Gasteiger partial charge in [-0.3, -0.25) is 4.79 Å². The minimum atomic E-state index is -0.285. The van der Waals surface area contributed by atoms with Crippen molar-refractivity contribution in [3.8, 4) is 0 Å². The van der Waals surface area contributed by atoms with Gasteiger partial charge in [-0.05, 0) is 68.9 Å². The van der Waals surface area contributed by atoms with Crippen LogP contribution in [0.3, 0.4) is 0 Å². The zero-order chi connectivity index (χ0) is 15.0. The van der Waals surface area contributed by atoms with Crippen molar-refractivity contribution >= 4 is 67.9 Å². The second kappa shape index (κ2) is 5.94. The Morgan fingerprint density at radius 2 is 2.14 bits per heavy atom. The lowest BCUT2D eigenvalue weighted by atomic mass is 10.2. The Morgan fingerprint density at radius 1 is 1.33 bits per heavy atom. The molecule has 1 aliphatic heterocycles. The number of aliphatic imine (C=N–C) groups is 1. The fraction of sp³-hybridized carbons (Fsp3) is 0. The zero-order valence-electron chi connectivity index (χ0n) is 10.4. The average Bonchev–Trinajstić information content (AvgIpc) is 3.00. The SMILES string of the molecule is O=C1NC(c2cc(I)ccc2Cl)=N/C1=C/c1ccc(Br)o1. The van der Waals surface area contributed by atoms with E-state index in [1.165, 1.54) is 0 Å². The fourth-order valence-electron chi connectivity index (χ4n) is 1.82. The van der Waals surface area contributed by atoms with Crippen LogP contribution in [-0.2, 0) is 4.79 Å². The first kappa shape index (κ1) is 14.8. The van der Waals surface area contributed by atoms with Crippen molar-refractivity contribution in [3.05, 3.63) is 60.6 Å². The highest BCUT2D eigenvalue weighted by molar-refractivity contribution is 14.1. The molecule has 4 nitrogen and oxygen atoms in total. The highest BCUT2D eigenvalue weighted by Crippen LogP contribution is 2.23. The molecule has 7 heteroatoms. The van der Waals surface area contributed by atoms with Crippen molar-refractivity contribution in [2.75, 3.05) is 0 Å². The molecule has 2 aromatic rings. The van der Waals surface area contributed by atoms with Gasteiger partial charge in [0.1, 0.15) is 17.3 Å². The quantitative estimate of drug-likeness (QED) is 0.520. The number of furan rings is 1. The number of rotatable bonds is 2. The molecule has 1 aromatic heterocycles. The van der Waals surface area contributed by atoms with Crippen molar-refractivity contribution in [2.24, 2.45) is 4.99 Å². The third-order valence-electron chi connectivity index (χ3n) is 2.75. The van der Waals surface area contributed by atoms with Gasteiger partial charge in [0, 0.05) is 15.2 Å². The monoisotopic (exact) mass is 476 g/mol. The van der Waals surface area contributed by atoms with Crippen LogP contribution < -0.4 is 5.32 Å². The van der Waals surface area contributed by atoms with E-state index in [4.69, 9.17) is 16.0 Å². The number of hydrogen-bond acceptors (Lipinski definition) is 3. The maximum absolute atomic E-state index is 12.0. The Morgan fingerprint density at radius 3 is 2.86 bits per heavy atom. The molecule has 1 N–H and O–H groups in total. The van der Waals surface area contributed by atoms with Gasteiger partial charge in [-0.1, -0.05) is 11.6 Å². The highest BCUT2D eigenvalue weighted by Gasteiger charge is 2.23. The second-order valence-electron chi connectivity index (χ2n) is 4.21. The molecule has 0 radical (unpaired) electrons. The topological polar surface area (TPSA) is 54.6 Å². The molecule has 0 spiro atoms. The van der Waals surface area contributed by atoms with Gasteiger partial charge in [0.25, 0.3) is 5.91 Å². The number of hydrogen-bond donors (Lipinski definition) is 1.